The third-order valence-corrected chi connectivity index (χ3v) is 4.19. The number of hydrogen-bond donors (Lipinski definition) is 2. The van der Waals surface area contributed by atoms with Gasteiger partial charge in [0.1, 0.15) is 0 Å². The average molecular weight is 318 g/mol. The van der Waals surface area contributed by atoms with E-state index in [1.165, 1.54) is 0 Å². The third-order valence-electron chi connectivity index (χ3n) is 3.28. The van der Waals surface area contributed by atoms with Crippen LogP contribution in [-0.4, -0.2) is 27.5 Å². The highest BCUT2D eigenvalue weighted by atomic mass is 79.9. The first-order valence-corrected chi connectivity index (χ1v) is 7.35. The fourth-order valence-electron chi connectivity index (χ4n) is 2.05. The van der Waals surface area contributed by atoms with E-state index in [2.05, 4.69) is 47.1 Å². The Bertz CT molecular complexity index is 377. The third kappa shape index (κ3) is 3.80. The van der Waals surface area contributed by atoms with Crippen LogP contribution in [0.4, 0.5) is 0 Å². The Labute approximate surface area is 118 Å². The van der Waals surface area contributed by atoms with E-state index in [-0.39, 0.29) is 6.61 Å². The molecule has 0 amide bonds. The molecule has 104 valence electrons. The second kappa shape index (κ2) is 7.26. The van der Waals surface area contributed by atoms with Crippen LogP contribution in [0.2, 0.25) is 0 Å². The number of aromatic nitrogens is 2. The summed E-state index contributed by atoms with van der Waals surface area (Å²) in [6, 6.07) is 0.335. The highest BCUT2D eigenvalue weighted by Crippen LogP contribution is 2.21. The van der Waals surface area contributed by atoms with Crippen LogP contribution in [0.15, 0.2) is 4.47 Å². The lowest BCUT2D eigenvalue weighted by molar-refractivity contribution is 0.243. The van der Waals surface area contributed by atoms with E-state index in [1.54, 1.807) is 0 Å². The first kappa shape index (κ1) is 15.7. The van der Waals surface area contributed by atoms with Crippen molar-refractivity contribution >= 4 is 15.9 Å². The van der Waals surface area contributed by atoms with E-state index in [0.29, 0.717) is 12.0 Å². The van der Waals surface area contributed by atoms with Gasteiger partial charge >= 0.3 is 0 Å². The lowest BCUT2D eigenvalue weighted by Gasteiger charge is -2.21. The Morgan fingerprint density at radius 2 is 2.11 bits per heavy atom. The van der Waals surface area contributed by atoms with Crippen molar-refractivity contribution in [1.29, 1.82) is 0 Å². The zero-order valence-electron chi connectivity index (χ0n) is 11.7. The monoisotopic (exact) mass is 317 g/mol. The fraction of sp³-hybridized carbons (Fsp3) is 0.769. The van der Waals surface area contributed by atoms with Gasteiger partial charge in [0.25, 0.3) is 0 Å². The molecular weight excluding hydrogens is 294 g/mol. The van der Waals surface area contributed by atoms with Crippen LogP contribution in [-0.2, 0) is 20.0 Å². The standard InChI is InChI=1S/C13H24BrN3O/c1-5-10-13(14)12(17(4)16-10)8-15-11(6-7-18)9(2)3/h9,11,15,18H,5-8H2,1-4H3. The Balaban J connectivity index is 2.70. The molecule has 1 rings (SSSR count). The number of aryl methyl sites for hydroxylation is 2. The second-order valence-corrected chi connectivity index (χ2v) is 5.72. The van der Waals surface area contributed by atoms with Crippen LogP contribution in [0.1, 0.15) is 38.6 Å². The smallest absolute Gasteiger partial charge is 0.0767 e. The van der Waals surface area contributed by atoms with Gasteiger partial charge in [-0.05, 0) is 34.7 Å². The first-order valence-electron chi connectivity index (χ1n) is 6.55. The normalized spacial score (nSPS) is 13.3. The molecule has 0 aliphatic heterocycles. The molecule has 1 unspecified atom stereocenters. The van der Waals surface area contributed by atoms with E-state index >= 15 is 0 Å². The molecule has 1 atom stereocenters. The largest absolute Gasteiger partial charge is 0.396 e. The van der Waals surface area contributed by atoms with Gasteiger partial charge in [-0.1, -0.05) is 20.8 Å². The zero-order valence-corrected chi connectivity index (χ0v) is 13.3. The molecular formula is C13H24BrN3O. The Morgan fingerprint density at radius 1 is 1.44 bits per heavy atom. The Morgan fingerprint density at radius 3 is 2.56 bits per heavy atom. The molecule has 0 saturated carbocycles. The van der Waals surface area contributed by atoms with E-state index in [0.717, 1.165) is 35.2 Å². The molecule has 5 heteroatoms. The van der Waals surface area contributed by atoms with Crippen molar-refractivity contribution in [2.45, 2.75) is 46.2 Å². The van der Waals surface area contributed by atoms with Crippen LogP contribution in [0.5, 0.6) is 0 Å². The minimum absolute atomic E-state index is 0.225. The van der Waals surface area contributed by atoms with E-state index in [4.69, 9.17) is 5.11 Å². The molecule has 0 radical (unpaired) electrons. The molecule has 0 fully saturated rings. The molecule has 0 aliphatic rings. The van der Waals surface area contributed by atoms with Crippen LogP contribution in [0.3, 0.4) is 0 Å². The number of aliphatic hydroxyl groups is 1. The first-order chi connectivity index (χ1) is 8.51. The predicted molar refractivity (Wildman–Crippen MR) is 77.5 cm³/mol. The van der Waals surface area contributed by atoms with Crippen LogP contribution in [0.25, 0.3) is 0 Å². The highest BCUT2D eigenvalue weighted by molar-refractivity contribution is 9.10. The molecule has 2 N–H and O–H groups in total. The van der Waals surface area contributed by atoms with Gasteiger partial charge in [0.2, 0.25) is 0 Å². The fourth-order valence-corrected chi connectivity index (χ4v) is 2.81. The molecule has 0 bridgehead atoms. The molecule has 0 saturated heterocycles. The molecule has 18 heavy (non-hydrogen) atoms. The minimum Gasteiger partial charge on any atom is -0.396 e. The quantitative estimate of drug-likeness (QED) is 0.811. The van der Waals surface area contributed by atoms with Gasteiger partial charge < -0.3 is 10.4 Å². The van der Waals surface area contributed by atoms with Crippen LogP contribution in [0, 0.1) is 5.92 Å². The maximum absolute atomic E-state index is 9.07. The average Bonchev–Trinajstić information content (AvgIpc) is 2.60. The van der Waals surface area contributed by atoms with Gasteiger partial charge in [-0.15, -0.1) is 0 Å². The minimum atomic E-state index is 0.225. The van der Waals surface area contributed by atoms with Crippen molar-refractivity contribution in [1.82, 2.24) is 15.1 Å². The molecule has 0 aliphatic carbocycles. The lowest BCUT2D eigenvalue weighted by Crippen LogP contribution is -2.34. The topological polar surface area (TPSA) is 50.1 Å². The Hall–Kier alpha value is -0.390. The molecule has 1 aromatic heterocycles. The van der Waals surface area contributed by atoms with Gasteiger partial charge in [-0.3, -0.25) is 4.68 Å². The summed E-state index contributed by atoms with van der Waals surface area (Å²) >= 11 is 3.62. The van der Waals surface area contributed by atoms with Crippen molar-refractivity contribution in [2.24, 2.45) is 13.0 Å². The predicted octanol–water partition coefficient (Wildman–Crippen LogP) is 2.24. The molecule has 1 aromatic rings. The number of halogens is 1. The van der Waals surface area contributed by atoms with Gasteiger partial charge in [0.15, 0.2) is 0 Å². The summed E-state index contributed by atoms with van der Waals surface area (Å²) < 4.78 is 3.03. The number of nitrogens with zero attached hydrogens (tertiary/aromatic N) is 2. The summed E-state index contributed by atoms with van der Waals surface area (Å²) in [5, 5.41) is 17.0. The maximum Gasteiger partial charge on any atom is 0.0767 e. The van der Waals surface area contributed by atoms with Gasteiger partial charge in [0.05, 0.1) is 15.9 Å². The van der Waals surface area contributed by atoms with E-state index < -0.39 is 0 Å². The summed E-state index contributed by atoms with van der Waals surface area (Å²) in [6.07, 6.45) is 1.71. The summed E-state index contributed by atoms with van der Waals surface area (Å²) in [4.78, 5) is 0. The second-order valence-electron chi connectivity index (χ2n) is 4.93. The van der Waals surface area contributed by atoms with Gasteiger partial charge in [-0.25, -0.2) is 0 Å². The number of aliphatic hydroxyl groups excluding tert-OH is 1. The summed E-state index contributed by atoms with van der Waals surface area (Å²) in [6.45, 7) is 7.44. The molecule has 0 spiro atoms. The summed E-state index contributed by atoms with van der Waals surface area (Å²) in [5.41, 5.74) is 2.26. The van der Waals surface area contributed by atoms with Crippen molar-refractivity contribution in [3.05, 3.63) is 15.9 Å². The van der Waals surface area contributed by atoms with Gasteiger partial charge in [0, 0.05) is 26.2 Å². The highest BCUT2D eigenvalue weighted by Gasteiger charge is 2.16. The number of nitrogens with one attached hydrogen (secondary N) is 1. The lowest BCUT2D eigenvalue weighted by atomic mass is 10.0. The number of rotatable bonds is 7. The van der Waals surface area contributed by atoms with Crippen molar-refractivity contribution in [3.63, 3.8) is 0 Å². The molecule has 1 heterocycles. The van der Waals surface area contributed by atoms with Crippen molar-refractivity contribution in [3.8, 4) is 0 Å². The van der Waals surface area contributed by atoms with E-state index in [9.17, 15) is 0 Å². The summed E-state index contributed by atoms with van der Waals surface area (Å²) in [7, 11) is 1.97. The van der Waals surface area contributed by atoms with Crippen LogP contribution >= 0.6 is 15.9 Å². The SMILES string of the molecule is CCc1nn(C)c(CNC(CCO)C(C)C)c1Br. The van der Waals surface area contributed by atoms with Crippen molar-refractivity contribution < 1.29 is 5.11 Å². The summed E-state index contributed by atoms with van der Waals surface area (Å²) in [5.74, 6) is 0.509. The van der Waals surface area contributed by atoms with E-state index in [1.807, 2.05) is 11.7 Å². The maximum atomic E-state index is 9.07. The van der Waals surface area contributed by atoms with Crippen LogP contribution < -0.4 is 5.32 Å². The zero-order chi connectivity index (χ0) is 13.7. The number of hydrogen-bond acceptors (Lipinski definition) is 3. The molecule has 0 aromatic carbocycles. The van der Waals surface area contributed by atoms with Gasteiger partial charge in [-0.2, -0.15) is 5.10 Å². The molecule has 4 nitrogen and oxygen atoms in total. The van der Waals surface area contributed by atoms with Crippen molar-refractivity contribution in [2.75, 3.05) is 6.61 Å². The Kier molecular flexibility index (Phi) is 6.32.